The molecule has 1 fully saturated rings. The third-order valence-corrected chi connectivity index (χ3v) is 3.74. The Morgan fingerprint density at radius 2 is 2.11 bits per heavy atom. The Bertz CT molecular complexity index is 309. The van der Waals surface area contributed by atoms with Gasteiger partial charge in [-0.2, -0.15) is 0 Å². The van der Waals surface area contributed by atoms with Gasteiger partial charge < -0.3 is 15.3 Å². The molecule has 0 aromatic carbocycles. The average molecular weight is 256 g/mol. The molecule has 1 heterocycles. The molecular weight excluding hydrogens is 232 g/mol. The van der Waals surface area contributed by atoms with Crippen molar-refractivity contribution in [3.8, 4) is 0 Å². The van der Waals surface area contributed by atoms with Crippen LogP contribution in [0.4, 0.5) is 0 Å². The number of aliphatic carboxylic acids is 1. The summed E-state index contributed by atoms with van der Waals surface area (Å²) in [5.74, 6) is -0.461. The van der Waals surface area contributed by atoms with Crippen LogP contribution in [0.15, 0.2) is 0 Å². The number of nitrogens with zero attached hydrogens (tertiary/aromatic N) is 1. The van der Waals surface area contributed by atoms with E-state index in [4.69, 9.17) is 5.11 Å². The Labute approximate surface area is 109 Å². The van der Waals surface area contributed by atoms with E-state index in [1.807, 2.05) is 6.92 Å². The van der Waals surface area contributed by atoms with Gasteiger partial charge in [0, 0.05) is 13.0 Å². The number of carboxylic acid groups (broad SMARTS) is 1. The normalized spacial score (nSPS) is 19.8. The minimum Gasteiger partial charge on any atom is -0.480 e. The smallest absolute Gasteiger partial charge is 0.329 e. The van der Waals surface area contributed by atoms with Gasteiger partial charge in [0.25, 0.3) is 0 Å². The molecular formula is C13H24N2O3. The number of carbonyl (C=O) groups excluding carboxylic acids is 1. The zero-order chi connectivity index (χ0) is 13.8. The lowest BCUT2D eigenvalue weighted by Crippen LogP contribution is -2.52. The summed E-state index contributed by atoms with van der Waals surface area (Å²) in [4.78, 5) is 24.8. The molecule has 5 heteroatoms. The summed E-state index contributed by atoms with van der Waals surface area (Å²) in [5, 5.41) is 12.4. The fourth-order valence-electron chi connectivity index (χ4n) is 2.42. The SMILES string of the molecule is CCN(C(=O)CCC1CCNC1)C(C)(C)C(=O)O. The molecule has 0 bridgehead atoms. The minimum atomic E-state index is -1.13. The van der Waals surface area contributed by atoms with Crippen molar-refractivity contribution in [3.63, 3.8) is 0 Å². The molecule has 18 heavy (non-hydrogen) atoms. The van der Waals surface area contributed by atoms with E-state index in [-0.39, 0.29) is 5.91 Å². The number of carboxylic acids is 1. The van der Waals surface area contributed by atoms with E-state index in [0.29, 0.717) is 18.9 Å². The summed E-state index contributed by atoms with van der Waals surface area (Å²) >= 11 is 0. The molecule has 1 unspecified atom stereocenters. The molecule has 5 nitrogen and oxygen atoms in total. The molecule has 2 N–H and O–H groups in total. The Hall–Kier alpha value is -1.10. The largest absolute Gasteiger partial charge is 0.480 e. The van der Waals surface area contributed by atoms with Crippen molar-refractivity contribution in [3.05, 3.63) is 0 Å². The maximum absolute atomic E-state index is 12.1. The second-order valence-corrected chi connectivity index (χ2v) is 5.40. The van der Waals surface area contributed by atoms with Gasteiger partial charge in [0.2, 0.25) is 5.91 Å². The first kappa shape index (κ1) is 15.0. The summed E-state index contributed by atoms with van der Waals surface area (Å²) in [6.07, 6.45) is 2.40. The summed E-state index contributed by atoms with van der Waals surface area (Å²) < 4.78 is 0. The highest BCUT2D eigenvalue weighted by atomic mass is 16.4. The lowest BCUT2D eigenvalue weighted by atomic mass is 9.99. The van der Waals surface area contributed by atoms with E-state index in [9.17, 15) is 9.59 Å². The molecule has 1 rings (SSSR count). The van der Waals surface area contributed by atoms with Crippen LogP contribution in [-0.4, -0.2) is 47.1 Å². The molecule has 0 aliphatic carbocycles. The molecule has 1 aliphatic rings. The van der Waals surface area contributed by atoms with Crippen LogP contribution in [0.25, 0.3) is 0 Å². The molecule has 0 radical (unpaired) electrons. The number of rotatable bonds is 6. The molecule has 0 saturated carbocycles. The van der Waals surface area contributed by atoms with Crippen LogP contribution < -0.4 is 5.32 Å². The van der Waals surface area contributed by atoms with Gasteiger partial charge in [-0.15, -0.1) is 0 Å². The van der Waals surface area contributed by atoms with Gasteiger partial charge in [0.15, 0.2) is 0 Å². The topological polar surface area (TPSA) is 69.6 Å². The van der Waals surface area contributed by atoms with E-state index < -0.39 is 11.5 Å². The fraction of sp³-hybridized carbons (Fsp3) is 0.846. The number of likely N-dealkylation sites (N-methyl/N-ethyl adjacent to an activating group) is 1. The lowest BCUT2D eigenvalue weighted by Gasteiger charge is -2.34. The van der Waals surface area contributed by atoms with Gasteiger partial charge in [0.05, 0.1) is 0 Å². The zero-order valence-corrected chi connectivity index (χ0v) is 11.5. The third-order valence-electron chi connectivity index (χ3n) is 3.74. The number of hydrogen-bond donors (Lipinski definition) is 2. The van der Waals surface area contributed by atoms with Crippen LogP contribution in [-0.2, 0) is 9.59 Å². The van der Waals surface area contributed by atoms with Crippen LogP contribution in [0.3, 0.4) is 0 Å². The first-order chi connectivity index (χ1) is 8.39. The van der Waals surface area contributed by atoms with Crippen molar-refractivity contribution in [1.82, 2.24) is 10.2 Å². The van der Waals surface area contributed by atoms with Crippen molar-refractivity contribution in [2.24, 2.45) is 5.92 Å². The first-order valence-electron chi connectivity index (χ1n) is 6.64. The maximum Gasteiger partial charge on any atom is 0.329 e. The predicted octanol–water partition coefficient (Wildman–Crippen LogP) is 1.09. The van der Waals surface area contributed by atoms with Gasteiger partial charge in [-0.05, 0) is 52.6 Å². The van der Waals surface area contributed by atoms with Crippen LogP contribution in [0.2, 0.25) is 0 Å². The summed E-state index contributed by atoms with van der Waals surface area (Å²) in [7, 11) is 0. The number of amides is 1. The molecule has 1 saturated heterocycles. The van der Waals surface area contributed by atoms with Crippen LogP contribution in [0, 0.1) is 5.92 Å². The quantitative estimate of drug-likeness (QED) is 0.746. The fourth-order valence-corrected chi connectivity index (χ4v) is 2.42. The Morgan fingerprint density at radius 3 is 2.56 bits per heavy atom. The highest BCUT2D eigenvalue weighted by Crippen LogP contribution is 2.19. The maximum atomic E-state index is 12.1. The molecule has 0 aromatic heterocycles. The van der Waals surface area contributed by atoms with Crippen molar-refractivity contribution in [2.45, 2.75) is 45.6 Å². The van der Waals surface area contributed by atoms with E-state index in [1.54, 1.807) is 13.8 Å². The van der Waals surface area contributed by atoms with Crippen LogP contribution in [0.1, 0.15) is 40.0 Å². The molecule has 1 atom stereocenters. The Balaban J connectivity index is 2.53. The van der Waals surface area contributed by atoms with E-state index in [0.717, 1.165) is 25.9 Å². The van der Waals surface area contributed by atoms with Crippen molar-refractivity contribution >= 4 is 11.9 Å². The third kappa shape index (κ3) is 3.45. The zero-order valence-electron chi connectivity index (χ0n) is 11.5. The van der Waals surface area contributed by atoms with Crippen LogP contribution >= 0.6 is 0 Å². The van der Waals surface area contributed by atoms with Gasteiger partial charge in [0.1, 0.15) is 5.54 Å². The van der Waals surface area contributed by atoms with E-state index >= 15 is 0 Å². The monoisotopic (exact) mass is 256 g/mol. The number of nitrogens with one attached hydrogen (secondary N) is 1. The standard InChI is InChI=1S/C13H24N2O3/c1-4-15(13(2,3)12(17)18)11(16)6-5-10-7-8-14-9-10/h10,14H,4-9H2,1-3H3,(H,17,18). The predicted molar refractivity (Wildman–Crippen MR) is 69.3 cm³/mol. The molecule has 0 spiro atoms. The van der Waals surface area contributed by atoms with Crippen molar-refractivity contribution < 1.29 is 14.7 Å². The van der Waals surface area contributed by atoms with Gasteiger partial charge in [-0.3, -0.25) is 4.79 Å². The van der Waals surface area contributed by atoms with Crippen molar-refractivity contribution in [2.75, 3.05) is 19.6 Å². The second-order valence-electron chi connectivity index (χ2n) is 5.40. The average Bonchev–Trinajstić information content (AvgIpc) is 2.79. The van der Waals surface area contributed by atoms with Crippen LogP contribution in [0.5, 0.6) is 0 Å². The highest BCUT2D eigenvalue weighted by molar-refractivity contribution is 5.86. The van der Waals surface area contributed by atoms with Gasteiger partial charge in [-0.1, -0.05) is 0 Å². The molecule has 1 aliphatic heterocycles. The second kappa shape index (κ2) is 6.18. The lowest BCUT2D eigenvalue weighted by molar-refractivity contribution is -0.156. The molecule has 104 valence electrons. The first-order valence-corrected chi connectivity index (χ1v) is 6.64. The van der Waals surface area contributed by atoms with Gasteiger partial charge in [-0.25, -0.2) is 4.79 Å². The molecule has 1 amide bonds. The van der Waals surface area contributed by atoms with E-state index in [1.165, 1.54) is 4.90 Å². The summed E-state index contributed by atoms with van der Waals surface area (Å²) in [6, 6.07) is 0. The highest BCUT2D eigenvalue weighted by Gasteiger charge is 2.36. The summed E-state index contributed by atoms with van der Waals surface area (Å²) in [5.41, 5.74) is -1.13. The summed E-state index contributed by atoms with van der Waals surface area (Å²) in [6.45, 7) is 7.40. The minimum absolute atomic E-state index is 0.0585. The Kier molecular flexibility index (Phi) is 5.14. The van der Waals surface area contributed by atoms with Gasteiger partial charge >= 0.3 is 5.97 Å². The number of hydrogen-bond acceptors (Lipinski definition) is 3. The molecule has 0 aromatic rings. The van der Waals surface area contributed by atoms with Crippen molar-refractivity contribution in [1.29, 1.82) is 0 Å². The van der Waals surface area contributed by atoms with E-state index in [2.05, 4.69) is 5.32 Å². The number of carbonyl (C=O) groups is 2. The Morgan fingerprint density at radius 1 is 1.44 bits per heavy atom.